The van der Waals surface area contributed by atoms with Gasteiger partial charge >= 0.3 is 0 Å². The van der Waals surface area contributed by atoms with Crippen LogP contribution in [-0.4, -0.2) is 4.98 Å². The summed E-state index contributed by atoms with van der Waals surface area (Å²) in [5, 5.41) is 2.20. The Hall–Kier alpha value is -1.33. The van der Waals surface area contributed by atoms with Crippen molar-refractivity contribution in [2.45, 2.75) is 13.0 Å². The molecule has 0 spiro atoms. The molecule has 5 heteroatoms. The van der Waals surface area contributed by atoms with Crippen LogP contribution in [0, 0.1) is 11.6 Å². The average Bonchev–Trinajstić information content (AvgIpc) is 2.70. The number of aromatic nitrogens is 1. The van der Waals surface area contributed by atoms with Gasteiger partial charge in [-0.15, -0.1) is 11.3 Å². The second-order valence-electron chi connectivity index (χ2n) is 3.49. The molecule has 1 aromatic heterocycles. The highest BCUT2D eigenvalue weighted by molar-refractivity contribution is 7.13. The Labute approximate surface area is 95.7 Å². The molecule has 0 bridgehead atoms. The van der Waals surface area contributed by atoms with Crippen LogP contribution in [0.2, 0.25) is 0 Å². The standard InChI is InChI=1S/C11H10F2N2S/c1-6(14)10-5-16-11(15-10)8-4-7(12)2-3-9(8)13/h2-6H,14H2,1H3. The van der Waals surface area contributed by atoms with Crippen LogP contribution in [0.15, 0.2) is 23.6 Å². The van der Waals surface area contributed by atoms with Crippen LogP contribution in [0.3, 0.4) is 0 Å². The lowest BCUT2D eigenvalue weighted by molar-refractivity contribution is 0.603. The molecule has 2 aromatic rings. The third kappa shape index (κ3) is 2.10. The van der Waals surface area contributed by atoms with E-state index in [4.69, 9.17) is 5.73 Å². The van der Waals surface area contributed by atoms with Gasteiger partial charge in [-0.3, -0.25) is 0 Å². The predicted octanol–water partition coefficient (Wildman–Crippen LogP) is 3.11. The van der Waals surface area contributed by atoms with Gasteiger partial charge in [-0.1, -0.05) is 0 Å². The smallest absolute Gasteiger partial charge is 0.133 e. The van der Waals surface area contributed by atoms with E-state index < -0.39 is 11.6 Å². The van der Waals surface area contributed by atoms with E-state index in [1.54, 1.807) is 12.3 Å². The Bertz CT molecular complexity index is 508. The Morgan fingerprint density at radius 2 is 2.12 bits per heavy atom. The van der Waals surface area contributed by atoms with Crippen molar-refractivity contribution in [1.82, 2.24) is 4.98 Å². The summed E-state index contributed by atoms with van der Waals surface area (Å²) in [6.45, 7) is 1.79. The second kappa shape index (κ2) is 4.27. The fourth-order valence-corrected chi connectivity index (χ4v) is 2.22. The van der Waals surface area contributed by atoms with E-state index >= 15 is 0 Å². The highest BCUT2D eigenvalue weighted by Crippen LogP contribution is 2.28. The van der Waals surface area contributed by atoms with E-state index in [0.717, 1.165) is 18.2 Å². The van der Waals surface area contributed by atoms with Gasteiger partial charge in [-0.2, -0.15) is 0 Å². The lowest BCUT2D eigenvalue weighted by Crippen LogP contribution is -2.04. The maximum atomic E-state index is 13.4. The molecule has 84 valence electrons. The average molecular weight is 240 g/mol. The first-order valence-corrected chi connectivity index (χ1v) is 5.62. The molecule has 2 rings (SSSR count). The number of rotatable bonds is 2. The van der Waals surface area contributed by atoms with Crippen molar-refractivity contribution in [1.29, 1.82) is 0 Å². The summed E-state index contributed by atoms with van der Waals surface area (Å²) in [5.41, 5.74) is 6.51. The van der Waals surface area contributed by atoms with Crippen molar-refractivity contribution in [2.75, 3.05) is 0 Å². The minimum atomic E-state index is -0.480. The van der Waals surface area contributed by atoms with Crippen LogP contribution >= 0.6 is 11.3 Å². The van der Waals surface area contributed by atoms with Gasteiger partial charge in [-0.25, -0.2) is 13.8 Å². The lowest BCUT2D eigenvalue weighted by atomic mass is 10.2. The Kier molecular flexibility index (Phi) is 2.98. The van der Waals surface area contributed by atoms with Crippen LogP contribution in [0.1, 0.15) is 18.7 Å². The second-order valence-corrected chi connectivity index (χ2v) is 4.35. The summed E-state index contributed by atoms with van der Waals surface area (Å²) in [6, 6.07) is 3.11. The van der Waals surface area contributed by atoms with Gasteiger partial charge in [0.25, 0.3) is 0 Å². The summed E-state index contributed by atoms with van der Waals surface area (Å²) in [6.07, 6.45) is 0. The molecule has 0 aliphatic carbocycles. The lowest BCUT2D eigenvalue weighted by Gasteiger charge is -2.00. The van der Waals surface area contributed by atoms with Gasteiger partial charge in [0.2, 0.25) is 0 Å². The monoisotopic (exact) mass is 240 g/mol. The maximum absolute atomic E-state index is 13.4. The zero-order valence-electron chi connectivity index (χ0n) is 8.58. The first kappa shape index (κ1) is 11.2. The van der Waals surface area contributed by atoms with Crippen molar-refractivity contribution < 1.29 is 8.78 Å². The van der Waals surface area contributed by atoms with Gasteiger partial charge in [-0.05, 0) is 25.1 Å². The van der Waals surface area contributed by atoms with Gasteiger partial charge in [0.15, 0.2) is 0 Å². The fourth-order valence-electron chi connectivity index (χ4n) is 1.28. The third-order valence-corrected chi connectivity index (χ3v) is 3.04. The molecular weight excluding hydrogens is 230 g/mol. The number of nitrogens with zero attached hydrogens (tertiary/aromatic N) is 1. The Morgan fingerprint density at radius 1 is 1.38 bits per heavy atom. The number of halogens is 2. The fraction of sp³-hybridized carbons (Fsp3) is 0.182. The normalized spacial score (nSPS) is 12.8. The van der Waals surface area contributed by atoms with Crippen molar-refractivity contribution in [3.63, 3.8) is 0 Å². The number of hydrogen-bond donors (Lipinski definition) is 1. The molecule has 1 atom stereocenters. The highest BCUT2D eigenvalue weighted by atomic mass is 32.1. The quantitative estimate of drug-likeness (QED) is 0.876. The molecule has 2 nitrogen and oxygen atoms in total. The van der Waals surface area contributed by atoms with Crippen LogP contribution in [0.4, 0.5) is 8.78 Å². The summed E-state index contributed by atoms with van der Waals surface area (Å²) in [5.74, 6) is -0.957. The van der Waals surface area contributed by atoms with Crippen LogP contribution < -0.4 is 5.73 Å². The van der Waals surface area contributed by atoms with Gasteiger partial charge in [0.05, 0.1) is 5.69 Å². The molecule has 0 aliphatic rings. The summed E-state index contributed by atoms with van der Waals surface area (Å²) in [7, 11) is 0. The molecule has 1 unspecified atom stereocenters. The number of nitrogens with two attached hydrogens (primary N) is 1. The van der Waals surface area contributed by atoms with Crippen molar-refractivity contribution in [3.05, 3.63) is 40.9 Å². The van der Waals surface area contributed by atoms with Crippen LogP contribution in [-0.2, 0) is 0 Å². The molecule has 0 saturated carbocycles. The molecule has 1 aromatic carbocycles. The predicted molar refractivity (Wildman–Crippen MR) is 60.1 cm³/mol. The SMILES string of the molecule is CC(N)c1csc(-c2cc(F)ccc2F)n1. The molecule has 0 fully saturated rings. The zero-order chi connectivity index (χ0) is 11.7. The summed E-state index contributed by atoms with van der Waals surface area (Å²) in [4.78, 5) is 4.17. The number of hydrogen-bond acceptors (Lipinski definition) is 3. The van der Waals surface area contributed by atoms with Crippen molar-refractivity contribution in [2.24, 2.45) is 5.73 Å². The first-order chi connectivity index (χ1) is 7.58. The largest absolute Gasteiger partial charge is 0.323 e. The minimum Gasteiger partial charge on any atom is -0.323 e. The molecular formula is C11H10F2N2S. The van der Waals surface area contributed by atoms with E-state index in [2.05, 4.69) is 4.98 Å². The minimum absolute atomic E-state index is 0.178. The Balaban J connectivity index is 2.46. The molecule has 2 N–H and O–H groups in total. The number of thiazole rings is 1. The van der Waals surface area contributed by atoms with Gasteiger partial charge in [0.1, 0.15) is 16.6 Å². The van der Waals surface area contributed by atoms with E-state index in [1.165, 1.54) is 11.3 Å². The van der Waals surface area contributed by atoms with E-state index in [0.29, 0.717) is 10.7 Å². The van der Waals surface area contributed by atoms with Crippen molar-refractivity contribution in [3.8, 4) is 10.6 Å². The van der Waals surface area contributed by atoms with Crippen LogP contribution in [0.25, 0.3) is 10.6 Å². The molecule has 0 amide bonds. The summed E-state index contributed by atoms with van der Waals surface area (Å²) < 4.78 is 26.4. The highest BCUT2D eigenvalue weighted by Gasteiger charge is 2.12. The molecule has 0 saturated heterocycles. The maximum Gasteiger partial charge on any atom is 0.133 e. The number of benzene rings is 1. The molecule has 0 aliphatic heterocycles. The van der Waals surface area contributed by atoms with Gasteiger partial charge in [0, 0.05) is 17.0 Å². The molecule has 0 radical (unpaired) electrons. The van der Waals surface area contributed by atoms with Crippen molar-refractivity contribution >= 4 is 11.3 Å². The van der Waals surface area contributed by atoms with E-state index in [-0.39, 0.29) is 11.6 Å². The zero-order valence-corrected chi connectivity index (χ0v) is 9.39. The van der Waals surface area contributed by atoms with Gasteiger partial charge < -0.3 is 5.73 Å². The summed E-state index contributed by atoms with van der Waals surface area (Å²) >= 11 is 1.26. The third-order valence-electron chi connectivity index (χ3n) is 2.15. The molecule has 16 heavy (non-hydrogen) atoms. The topological polar surface area (TPSA) is 38.9 Å². The molecule has 1 heterocycles. The van der Waals surface area contributed by atoms with E-state index in [9.17, 15) is 8.78 Å². The van der Waals surface area contributed by atoms with E-state index in [1.807, 2.05) is 0 Å². The first-order valence-electron chi connectivity index (χ1n) is 4.74. The Morgan fingerprint density at radius 3 is 2.75 bits per heavy atom. The van der Waals surface area contributed by atoms with Crippen LogP contribution in [0.5, 0.6) is 0 Å².